The lowest BCUT2D eigenvalue weighted by atomic mass is 10.1. The Labute approximate surface area is 142 Å². The third-order valence-electron chi connectivity index (χ3n) is 4.81. The Bertz CT molecular complexity index is 787. The number of amides is 1. The highest BCUT2D eigenvalue weighted by atomic mass is 16.4. The Morgan fingerprint density at radius 2 is 2.08 bits per heavy atom. The van der Waals surface area contributed by atoms with Gasteiger partial charge in [0.05, 0.1) is 5.92 Å². The molecule has 126 valence electrons. The zero-order valence-electron chi connectivity index (χ0n) is 14.8. The van der Waals surface area contributed by atoms with Gasteiger partial charge in [0, 0.05) is 11.3 Å². The number of aryl methyl sites for hydroxylation is 1. The van der Waals surface area contributed by atoms with Gasteiger partial charge in [0.15, 0.2) is 0 Å². The normalized spacial score (nSPS) is 21.2. The molecule has 5 heteroatoms. The summed E-state index contributed by atoms with van der Waals surface area (Å²) in [6.45, 7) is 10.4. The number of allylic oxidation sites excluding steroid dienone is 2. The number of nitrogens with one attached hydrogen (secondary N) is 1. The molecule has 2 unspecified atom stereocenters. The fraction of sp³-hybridized carbons (Fsp3) is 0.421. The highest BCUT2D eigenvalue weighted by molar-refractivity contribution is 5.96. The van der Waals surface area contributed by atoms with Gasteiger partial charge in [0.2, 0.25) is 18.2 Å². The third kappa shape index (κ3) is 2.98. The molecule has 24 heavy (non-hydrogen) atoms. The van der Waals surface area contributed by atoms with Gasteiger partial charge in [-0.05, 0) is 49.8 Å². The van der Waals surface area contributed by atoms with Crippen molar-refractivity contribution in [3.63, 3.8) is 0 Å². The summed E-state index contributed by atoms with van der Waals surface area (Å²) in [5.74, 6) is 0.800. The second-order valence-corrected chi connectivity index (χ2v) is 7.33. The maximum Gasteiger partial charge on any atom is 0.247 e. The fourth-order valence-corrected chi connectivity index (χ4v) is 3.25. The van der Waals surface area contributed by atoms with Gasteiger partial charge in [-0.25, -0.2) is 0 Å². The van der Waals surface area contributed by atoms with Crippen molar-refractivity contribution in [2.45, 2.75) is 34.6 Å². The van der Waals surface area contributed by atoms with Gasteiger partial charge < -0.3 is 9.73 Å². The van der Waals surface area contributed by atoms with Gasteiger partial charge in [-0.1, -0.05) is 31.6 Å². The predicted octanol–water partition coefficient (Wildman–Crippen LogP) is 4.22. The number of anilines is 1. The average Bonchev–Trinajstić information content (AvgIpc) is 2.90. The molecule has 1 aliphatic carbocycles. The molecule has 1 N–H and O–H groups in total. The molecule has 1 heterocycles. The van der Waals surface area contributed by atoms with Crippen LogP contribution in [0.3, 0.4) is 0 Å². The van der Waals surface area contributed by atoms with Crippen molar-refractivity contribution in [1.29, 1.82) is 0 Å². The molecule has 1 amide bonds. The van der Waals surface area contributed by atoms with Gasteiger partial charge in [-0.15, -0.1) is 10.2 Å². The summed E-state index contributed by atoms with van der Waals surface area (Å²) in [6.07, 6.45) is 3.50. The first-order valence-electron chi connectivity index (χ1n) is 8.14. The molecule has 5 nitrogen and oxygen atoms in total. The Kier molecular flexibility index (Phi) is 4.03. The van der Waals surface area contributed by atoms with Crippen LogP contribution in [0.5, 0.6) is 0 Å². The van der Waals surface area contributed by atoms with Gasteiger partial charge in [-0.3, -0.25) is 4.79 Å². The van der Waals surface area contributed by atoms with E-state index in [1.54, 1.807) is 0 Å². The highest BCUT2D eigenvalue weighted by Gasteiger charge is 2.60. The lowest BCUT2D eigenvalue weighted by Crippen LogP contribution is -2.17. The summed E-state index contributed by atoms with van der Waals surface area (Å²) in [5.41, 5.74) is 3.83. The van der Waals surface area contributed by atoms with E-state index >= 15 is 0 Å². The molecule has 1 aromatic carbocycles. The average molecular weight is 325 g/mol. The van der Waals surface area contributed by atoms with E-state index in [1.165, 1.54) is 12.0 Å². The van der Waals surface area contributed by atoms with Gasteiger partial charge in [0.25, 0.3) is 0 Å². The fourth-order valence-electron chi connectivity index (χ4n) is 3.25. The van der Waals surface area contributed by atoms with Gasteiger partial charge in [-0.2, -0.15) is 0 Å². The zero-order valence-corrected chi connectivity index (χ0v) is 14.8. The molecule has 1 fully saturated rings. The zero-order chi connectivity index (χ0) is 17.5. The second-order valence-electron chi connectivity index (χ2n) is 7.33. The Morgan fingerprint density at radius 1 is 1.33 bits per heavy atom. The van der Waals surface area contributed by atoms with Crippen molar-refractivity contribution < 1.29 is 9.21 Å². The van der Waals surface area contributed by atoms with Crippen molar-refractivity contribution in [3.05, 3.63) is 41.8 Å². The van der Waals surface area contributed by atoms with Crippen LogP contribution in [0.4, 0.5) is 5.69 Å². The van der Waals surface area contributed by atoms with E-state index in [2.05, 4.69) is 49.3 Å². The number of carbonyl (C=O) groups is 1. The smallest absolute Gasteiger partial charge is 0.247 e. The number of benzene rings is 1. The van der Waals surface area contributed by atoms with Crippen LogP contribution in [0, 0.1) is 24.2 Å². The molecule has 3 rings (SSSR count). The van der Waals surface area contributed by atoms with E-state index < -0.39 is 0 Å². The molecule has 1 aromatic heterocycles. The third-order valence-corrected chi connectivity index (χ3v) is 4.81. The van der Waals surface area contributed by atoms with Crippen LogP contribution >= 0.6 is 0 Å². The molecule has 0 bridgehead atoms. The minimum atomic E-state index is -0.00106. The maximum atomic E-state index is 12.7. The van der Waals surface area contributed by atoms with Crippen molar-refractivity contribution in [2.24, 2.45) is 17.3 Å². The van der Waals surface area contributed by atoms with E-state index in [1.807, 2.05) is 25.1 Å². The summed E-state index contributed by atoms with van der Waals surface area (Å²) < 4.78 is 5.23. The Balaban J connectivity index is 1.80. The number of nitrogens with zero attached hydrogens (tertiary/aromatic N) is 2. The van der Waals surface area contributed by atoms with Crippen molar-refractivity contribution >= 4 is 11.6 Å². The number of aromatic nitrogens is 2. The maximum absolute atomic E-state index is 12.7. The molecule has 0 spiro atoms. The SMILES string of the molecule is CC(C)=CC1C(C(=O)Nc2cc(-c3nnco3)ccc2C)C1(C)C. The van der Waals surface area contributed by atoms with E-state index in [4.69, 9.17) is 4.42 Å². The minimum Gasteiger partial charge on any atom is -0.423 e. The molecule has 1 aliphatic rings. The molecule has 0 radical (unpaired) electrons. The molecule has 0 aliphatic heterocycles. The van der Waals surface area contributed by atoms with Crippen molar-refractivity contribution in [2.75, 3.05) is 5.32 Å². The summed E-state index contributed by atoms with van der Waals surface area (Å²) >= 11 is 0. The lowest BCUT2D eigenvalue weighted by molar-refractivity contribution is -0.118. The van der Waals surface area contributed by atoms with Crippen LogP contribution in [0.1, 0.15) is 33.3 Å². The largest absolute Gasteiger partial charge is 0.423 e. The van der Waals surface area contributed by atoms with E-state index in [0.717, 1.165) is 16.8 Å². The summed E-state index contributed by atoms with van der Waals surface area (Å²) in [5, 5.41) is 10.7. The van der Waals surface area contributed by atoms with Gasteiger partial charge in [0.1, 0.15) is 0 Å². The topological polar surface area (TPSA) is 68.0 Å². The minimum absolute atomic E-state index is 0.000640. The number of hydrogen-bond acceptors (Lipinski definition) is 4. The predicted molar refractivity (Wildman–Crippen MR) is 93.3 cm³/mol. The van der Waals surface area contributed by atoms with E-state index in [-0.39, 0.29) is 17.2 Å². The number of rotatable bonds is 4. The van der Waals surface area contributed by atoms with E-state index in [9.17, 15) is 4.79 Å². The van der Waals surface area contributed by atoms with E-state index in [0.29, 0.717) is 11.8 Å². The summed E-state index contributed by atoms with van der Waals surface area (Å²) in [7, 11) is 0. The summed E-state index contributed by atoms with van der Waals surface area (Å²) in [6, 6.07) is 5.73. The van der Waals surface area contributed by atoms with Gasteiger partial charge >= 0.3 is 0 Å². The van der Waals surface area contributed by atoms with Crippen LogP contribution in [-0.4, -0.2) is 16.1 Å². The second kappa shape index (κ2) is 5.89. The van der Waals surface area contributed by atoms with Crippen LogP contribution < -0.4 is 5.32 Å². The number of carbonyl (C=O) groups excluding carboxylic acids is 1. The molecular weight excluding hydrogens is 302 g/mol. The van der Waals surface area contributed by atoms with Crippen LogP contribution in [0.25, 0.3) is 11.5 Å². The van der Waals surface area contributed by atoms with Crippen LogP contribution in [0.15, 0.2) is 40.7 Å². The monoisotopic (exact) mass is 325 g/mol. The number of hydrogen-bond donors (Lipinski definition) is 1. The Morgan fingerprint density at radius 3 is 2.71 bits per heavy atom. The standard InChI is InChI=1S/C19H23N3O2/c1-11(2)8-14-16(19(14,4)5)17(23)21-15-9-13(7-6-12(15)3)18-22-20-10-24-18/h6-10,14,16H,1-5H3,(H,21,23). The molecular formula is C19H23N3O2. The lowest BCUT2D eigenvalue weighted by Gasteiger charge is -2.10. The molecule has 0 saturated heterocycles. The molecule has 2 atom stereocenters. The first-order valence-corrected chi connectivity index (χ1v) is 8.14. The Hall–Kier alpha value is -2.43. The van der Waals surface area contributed by atoms with Crippen LogP contribution in [-0.2, 0) is 4.79 Å². The first-order chi connectivity index (χ1) is 11.3. The van der Waals surface area contributed by atoms with Crippen molar-refractivity contribution in [3.8, 4) is 11.5 Å². The van der Waals surface area contributed by atoms with Crippen LogP contribution in [0.2, 0.25) is 0 Å². The van der Waals surface area contributed by atoms with Crippen molar-refractivity contribution in [1.82, 2.24) is 10.2 Å². The highest BCUT2D eigenvalue weighted by Crippen LogP contribution is 2.59. The first kappa shape index (κ1) is 16.4. The summed E-state index contributed by atoms with van der Waals surface area (Å²) in [4.78, 5) is 12.7. The molecule has 2 aromatic rings. The molecule has 1 saturated carbocycles. The quantitative estimate of drug-likeness (QED) is 0.855.